The molecule has 100 valence electrons. The van der Waals surface area contributed by atoms with Crippen molar-refractivity contribution in [1.82, 2.24) is 14.7 Å². The zero-order valence-corrected chi connectivity index (χ0v) is 10.9. The number of rotatable bonds is 5. The van der Waals surface area contributed by atoms with Gasteiger partial charge in [-0.15, -0.1) is 0 Å². The molecule has 0 unspecified atom stereocenters. The van der Waals surface area contributed by atoms with Crippen LogP contribution in [0, 0.1) is 5.92 Å². The molecule has 0 aliphatic rings. The first kappa shape index (κ1) is 14.0. The molecule has 0 bridgehead atoms. The summed E-state index contributed by atoms with van der Waals surface area (Å²) in [5.41, 5.74) is 11.3. The Balaban J connectivity index is 2.94. The number of anilines is 1. The van der Waals surface area contributed by atoms with Crippen LogP contribution in [0.4, 0.5) is 5.69 Å². The summed E-state index contributed by atoms with van der Waals surface area (Å²) in [6.07, 6.45) is 1.55. The van der Waals surface area contributed by atoms with E-state index < -0.39 is 5.91 Å². The summed E-state index contributed by atoms with van der Waals surface area (Å²) in [7, 11) is 1.67. The number of primary amides is 1. The van der Waals surface area contributed by atoms with Gasteiger partial charge < -0.3 is 16.4 Å². The summed E-state index contributed by atoms with van der Waals surface area (Å²) < 4.78 is 1.46. The number of carbonyl (C=O) groups is 2. The summed E-state index contributed by atoms with van der Waals surface area (Å²) in [5.74, 6) is -0.711. The molecule has 0 aromatic carbocycles. The maximum Gasteiger partial charge on any atom is 0.276 e. The summed E-state index contributed by atoms with van der Waals surface area (Å²) in [6.45, 7) is 4.19. The highest BCUT2D eigenvalue weighted by Crippen LogP contribution is 2.12. The van der Waals surface area contributed by atoms with Crippen LogP contribution in [0.15, 0.2) is 6.20 Å². The van der Waals surface area contributed by atoms with Crippen LogP contribution in [-0.2, 0) is 11.8 Å². The summed E-state index contributed by atoms with van der Waals surface area (Å²) in [6, 6.07) is 0. The van der Waals surface area contributed by atoms with Gasteiger partial charge in [0.25, 0.3) is 5.91 Å². The maximum atomic E-state index is 12.2. The molecular formula is C11H19N5O2. The molecule has 0 atom stereocenters. The number of hydrogen-bond acceptors (Lipinski definition) is 4. The van der Waals surface area contributed by atoms with Crippen LogP contribution in [0.1, 0.15) is 24.3 Å². The van der Waals surface area contributed by atoms with E-state index >= 15 is 0 Å². The van der Waals surface area contributed by atoms with E-state index in [9.17, 15) is 9.59 Å². The average molecular weight is 253 g/mol. The molecule has 1 heterocycles. The molecule has 0 aliphatic heterocycles. The fourth-order valence-corrected chi connectivity index (χ4v) is 1.67. The third-order valence-electron chi connectivity index (χ3n) is 2.28. The third-order valence-corrected chi connectivity index (χ3v) is 2.28. The number of aromatic nitrogens is 2. The molecule has 0 saturated heterocycles. The molecule has 1 rings (SSSR count). The molecule has 7 nitrogen and oxygen atoms in total. The van der Waals surface area contributed by atoms with Crippen LogP contribution < -0.4 is 11.5 Å². The van der Waals surface area contributed by atoms with Crippen molar-refractivity contribution in [2.24, 2.45) is 18.7 Å². The van der Waals surface area contributed by atoms with E-state index in [0.29, 0.717) is 12.2 Å². The maximum absolute atomic E-state index is 12.2. The largest absolute Gasteiger partial charge is 0.396 e. The summed E-state index contributed by atoms with van der Waals surface area (Å²) in [5, 5.41) is 3.99. The van der Waals surface area contributed by atoms with E-state index in [0.717, 1.165) is 0 Å². The average Bonchev–Trinajstić information content (AvgIpc) is 2.54. The molecule has 0 fully saturated rings. The van der Waals surface area contributed by atoms with E-state index in [1.54, 1.807) is 13.2 Å². The molecule has 1 aromatic rings. The number of amides is 2. The second-order valence-electron chi connectivity index (χ2n) is 4.65. The van der Waals surface area contributed by atoms with E-state index in [2.05, 4.69) is 5.10 Å². The quantitative estimate of drug-likeness (QED) is 0.743. The van der Waals surface area contributed by atoms with Gasteiger partial charge in [-0.25, -0.2) is 0 Å². The molecule has 1 aromatic heterocycles. The Labute approximate surface area is 106 Å². The monoisotopic (exact) mass is 253 g/mol. The van der Waals surface area contributed by atoms with E-state index in [-0.39, 0.29) is 24.1 Å². The number of aryl methyl sites for hydroxylation is 1. The normalized spacial score (nSPS) is 10.7. The first-order valence-corrected chi connectivity index (χ1v) is 5.68. The number of nitrogens with two attached hydrogens (primary N) is 2. The number of hydrogen-bond donors (Lipinski definition) is 2. The fourth-order valence-electron chi connectivity index (χ4n) is 1.67. The molecule has 18 heavy (non-hydrogen) atoms. The minimum Gasteiger partial charge on any atom is -0.396 e. The highest BCUT2D eigenvalue weighted by atomic mass is 16.2. The van der Waals surface area contributed by atoms with Gasteiger partial charge in [0, 0.05) is 19.8 Å². The third kappa shape index (κ3) is 3.47. The van der Waals surface area contributed by atoms with Crippen LogP contribution in [0.2, 0.25) is 0 Å². The molecule has 2 amide bonds. The summed E-state index contributed by atoms with van der Waals surface area (Å²) in [4.78, 5) is 24.6. The highest BCUT2D eigenvalue weighted by Gasteiger charge is 2.23. The van der Waals surface area contributed by atoms with Gasteiger partial charge in [-0.3, -0.25) is 14.3 Å². The van der Waals surface area contributed by atoms with Crippen LogP contribution in [0.25, 0.3) is 0 Å². The minimum absolute atomic E-state index is 0.132. The Morgan fingerprint density at radius 1 is 1.50 bits per heavy atom. The van der Waals surface area contributed by atoms with Gasteiger partial charge in [0.15, 0.2) is 5.69 Å². The Kier molecular flexibility index (Phi) is 4.30. The lowest BCUT2D eigenvalue weighted by Gasteiger charge is -2.22. The van der Waals surface area contributed by atoms with E-state index in [1.165, 1.54) is 9.58 Å². The van der Waals surface area contributed by atoms with Crippen molar-refractivity contribution in [3.8, 4) is 0 Å². The topological polar surface area (TPSA) is 107 Å². The molecule has 0 radical (unpaired) electrons. The van der Waals surface area contributed by atoms with Gasteiger partial charge in [-0.05, 0) is 5.92 Å². The van der Waals surface area contributed by atoms with Crippen molar-refractivity contribution in [2.45, 2.75) is 13.8 Å². The predicted octanol–water partition coefficient (Wildman–Crippen LogP) is -0.414. The molecule has 4 N–H and O–H groups in total. The Bertz CT molecular complexity index is 452. The zero-order valence-electron chi connectivity index (χ0n) is 10.9. The van der Waals surface area contributed by atoms with Crippen LogP contribution in [0.3, 0.4) is 0 Å². The molecule has 0 spiro atoms. The molecular weight excluding hydrogens is 234 g/mol. The lowest BCUT2D eigenvalue weighted by atomic mass is 10.2. The van der Waals surface area contributed by atoms with E-state index in [1.807, 2.05) is 13.8 Å². The van der Waals surface area contributed by atoms with Crippen molar-refractivity contribution in [1.29, 1.82) is 0 Å². The van der Waals surface area contributed by atoms with E-state index in [4.69, 9.17) is 11.5 Å². The first-order valence-electron chi connectivity index (χ1n) is 5.68. The van der Waals surface area contributed by atoms with Gasteiger partial charge in [0.05, 0.1) is 12.2 Å². The Morgan fingerprint density at radius 3 is 2.50 bits per heavy atom. The summed E-state index contributed by atoms with van der Waals surface area (Å²) >= 11 is 0. The second kappa shape index (κ2) is 5.52. The Morgan fingerprint density at radius 2 is 2.11 bits per heavy atom. The molecule has 7 heteroatoms. The lowest BCUT2D eigenvalue weighted by molar-refractivity contribution is -0.118. The standard InChI is InChI=1S/C11H19N5O2/c1-7(2)4-16(6-9(13)17)11(18)10-8(12)5-15(3)14-10/h5,7H,4,6,12H2,1-3H3,(H2,13,17). The van der Waals surface area contributed by atoms with Gasteiger partial charge in [0.1, 0.15) is 0 Å². The van der Waals surface area contributed by atoms with Gasteiger partial charge >= 0.3 is 0 Å². The van der Waals surface area contributed by atoms with Crippen molar-refractivity contribution in [3.05, 3.63) is 11.9 Å². The van der Waals surface area contributed by atoms with Crippen molar-refractivity contribution in [3.63, 3.8) is 0 Å². The van der Waals surface area contributed by atoms with Crippen LogP contribution in [0.5, 0.6) is 0 Å². The second-order valence-corrected chi connectivity index (χ2v) is 4.65. The van der Waals surface area contributed by atoms with Gasteiger partial charge in [-0.2, -0.15) is 5.10 Å². The van der Waals surface area contributed by atoms with Gasteiger partial charge in [-0.1, -0.05) is 13.8 Å². The SMILES string of the molecule is CC(C)CN(CC(N)=O)C(=O)c1nn(C)cc1N. The highest BCUT2D eigenvalue weighted by molar-refractivity contribution is 5.98. The predicted molar refractivity (Wildman–Crippen MR) is 67.6 cm³/mol. The number of nitrogens with zero attached hydrogens (tertiary/aromatic N) is 3. The molecule has 0 aliphatic carbocycles. The number of carbonyl (C=O) groups excluding carboxylic acids is 2. The minimum atomic E-state index is -0.557. The fraction of sp³-hybridized carbons (Fsp3) is 0.545. The Hall–Kier alpha value is -2.05. The smallest absolute Gasteiger partial charge is 0.276 e. The van der Waals surface area contributed by atoms with Gasteiger partial charge in [0.2, 0.25) is 5.91 Å². The zero-order chi connectivity index (χ0) is 13.9. The van der Waals surface area contributed by atoms with Crippen molar-refractivity contribution in [2.75, 3.05) is 18.8 Å². The lowest BCUT2D eigenvalue weighted by Crippen LogP contribution is -2.41. The molecule has 0 saturated carbocycles. The van der Waals surface area contributed by atoms with Crippen LogP contribution in [-0.4, -0.2) is 39.6 Å². The van der Waals surface area contributed by atoms with Crippen molar-refractivity contribution >= 4 is 17.5 Å². The van der Waals surface area contributed by atoms with Crippen LogP contribution >= 0.6 is 0 Å². The first-order chi connectivity index (χ1) is 8.31. The van der Waals surface area contributed by atoms with Crippen molar-refractivity contribution < 1.29 is 9.59 Å². The number of nitrogen functional groups attached to an aromatic ring is 1.